The van der Waals surface area contributed by atoms with Crippen LogP contribution in [-0.4, -0.2) is 19.7 Å². The van der Waals surface area contributed by atoms with Crippen LogP contribution in [0.15, 0.2) is 83.3 Å². The van der Waals surface area contributed by atoms with Crippen molar-refractivity contribution >= 4 is 21.9 Å². The number of nitrogens with zero attached hydrogens (tertiary/aromatic N) is 4. The molecule has 0 amide bonds. The number of benzene rings is 2. The molecule has 1 aliphatic carbocycles. The summed E-state index contributed by atoms with van der Waals surface area (Å²) in [6.07, 6.45) is 7.05. The molecule has 0 spiro atoms. The monoisotopic (exact) mass is 576 g/mol. The number of aromatic nitrogens is 4. The summed E-state index contributed by atoms with van der Waals surface area (Å²) in [7, 11) is 0. The van der Waals surface area contributed by atoms with E-state index >= 15 is 0 Å². The molecule has 0 radical (unpaired) electrons. The third-order valence-electron chi connectivity index (χ3n) is 9.18. The van der Waals surface area contributed by atoms with Gasteiger partial charge in [0.05, 0.1) is 28.1 Å². The number of para-hydroxylation sites is 2. The molecule has 0 aliphatic heterocycles. The predicted molar refractivity (Wildman–Crippen MR) is 165 cm³/mol. The fourth-order valence-electron chi connectivity index (χ4n) is 6.65. The van der Waals surface area contributed by atoms with E-state index in [2.05, 4.69) is 60.8 Å². The van der Waals surface area contributed by atoms with Gasteiger partial charge in [-0.2, -0.15) is 18.9 Å². The van der Waals surface area contributed by atoms with E-state index in [9.17, 15) is 8.78 Å². The SMILES string of the molecule is CC1(Cc2cc(C(C)(C)c3cccc(-c4ccc(F)nc4F)n3)nn2-c2cccc3c2oc2ccccc23)CCCCC1. The lowest BCUT2D eigenvalue weighted by Gasteiger charge is -2.33. The number of furan rings is 1. The third kappa shape index (κ3) is 4.90. The summed E-state index contributed by atoms with van der Waals surface area (Å²) in [5.74, 6) is -1.74. The molecule has 6 aromatic rings. The minimum absolute atomic E-state index is 0.159. The van der Waals surface area contributed by atoms with Gasteiger partial charge >= 0.3 is 0 Å². The number of halogens is 2. The molecule has 1 aliphatic rings. The molecule has 218 valence electrons. The zero-order valence-corrected chi connectivity index (χ0v) is 24.7. The van der Waals surface area contributed by atoms with Crippen molar-refractivity contribution in [2.24, 2.45) is 5.41 Å². The van der Waals surface area contributed by atoms with E-state index in [1.165, 1.54) is 38.2 Å². The first-order chi connectivity index (χ1) is 20.7. The molecule has 1 saturated carbocycles. The molecule has 0 unspecified atom stereocenters. The molecule has 4 aromatic heterocycles. The zero-order chi connectivity index (χ0) is 29.8. The van der Waals surface area contributed by atoms with E-state index in [0.29, 0.717) is 5.69 Å². The van der Waals surface area contributed by atoms with Crippen LogP contribution in [0.2, 0.25) is 0 Å². The predicted octanol–water partition coefficient (Wildman–Crippen LogP) is 9.35. The Balaban J connectivity index is 1.36. The lowest BCUT2D eigenvalue weighted by Crippen LogP contribution is -2.24. The van der Waals surface area contributed by atoms with Crippen molar-refractivity contribution < 1.29 is 13.2 Å². The van der Waals surface area contributed by atoms with Crippen molar-refractivity contribution in [3.63, 3.8) is 0 Å². The van der Waals surface area contributed by atoms with Crippen molar-refractivity contribution in [1.82, 2.24) is 19.7 Å². The summed E-state index contributed by atoms with van der Waals surface area (Å²) in [6, 6.07) is 24.6. The van der Waals surface area contributed by atoms with E-state index in [1.807, 2.05) is 30.3 Å². The minimum atomic E-state index is -0.881. The van der Waals surface area contributed by atoms with E-state index in [0.717, 1.165) is 57.2 Å². The first-order valence-corrected chi connectivity index (χ1v) is 15.0. The van der Waals surface area contributed by atoms with E-state index < -0.39 is 17.3 Å². The Morgan fingerprint density at radius 2 is 1.60 bits per heavy atom. The maximum atomic E-state index is 14.6. The molecular formula is C36H34F2N4O. The van der Waals surface area contributed by atoms with Gasteiger partial charge in [0.15, 0.2) is 5.58 Å². The summed E-state index contributed by atoms with van der Waals surface area (Å²) >= 11 is 0. The van der Waals surface area contributed by atoms with Gasteiger partial charge in [-0.15, -0.1) is 0 Å². The van der Waals surface area contributed by atoms with Crippen molar-refractivity contribution in [2.45, 2.75) is 64.7 Å². The third-order valence-corrected chi connectivity index (χ3v) is 9.18. The Morgan fingerprint density at radius 1 is 0.837 bits per heavy atom. The van der Waals surface area contributed by atoms with Gasteiger partial charge in [-0.05, 0) is 81.0 Å². The fourth-order valence-corrected chi connectivity index (χ4v) is 6.65. The molecule has 0 saturated heterocycles. The van der Waals surface area contributed by atoms with Gasteiger partial charge in [0, 0.05) is 16.5 Å². The second kappa shape index (κ2) is 10.4. The lowest BCUT2D eigenvalue weighted by atomic mass is 9.72. The van der Waals surface area contributed by atoms with Gasteiger partial charge in [0.1, 0.15) is 11.3 Å². The second-order valence-corrected chi connectivity index (χ2v) is 12.7. The minimum Gasteiger partial charge on any atom is -0.454 e. The summed E-state index contributed by atoms with van der Waals surface area (Å²) < 4.78 is 36.6. The number of fused-ring (bicyclic) bond motifs is 3. The quantitative estimate of drug-likeness (QED) is 0.185. The van der Waals surface area contributed by atoms with Crippen LogP contribution in [0.3, 0.4) is 0 Å². The highest BCUT2D eigenvalue weighted by Crippen LogP contribution is 2.41. The smallest absolute Gasteiger partial charge is 0.224 e. The van der Waals surface area contributed by atoms with Crippen LogP contribution in [0, 0.1) is 17.3 Å². The van der Waals surface area contributed by atoms with Crippen molar-refractivity contribution in [3.05, 3.63) is 108 Å². The summed E-state index contributed by atoms with van der Waals surface area (Å²) in [5.41, 5.74) is 5.42. The van der Waals surface area contributed by atoms with Gasteiger partial charge in [-0.3, -0.25) is 4.98 Å². The average Bonchev–Trinajstić information content (AvgIpc) is 3.59. The van der Waals surface area contributed by atoms with Crippen LogP contribution >= 0.6 is 0 Å². The van der Waals surface area contributed by atoms with Crippen LogP contribution in [-0.2, 0) is 11.8 Å². The van der Waals surface area contributed by atoms with Crippen LogP contribution in [0.4, 0.5) is 8.78 Å². The van der Waals surface area contributed by atoms with Crippen LogP contribution < -0.4 is 0 Å². The van der Waals surface area contributed by atoms with Crippen LogP contribution in [0.25, 0.3) is 38.9 Å². The molecule has 0 bridgehead atoms. The average molecular weight is 577 g/mol. The largest absolute Gasteiger partial charge is 0.454 e. The highest BCUT2D eigenvalue weighted by Gasteiger charge is 2.33. The van der Waals surface area contributed by atoms with Crippen molar-refractivity contribution in [1.29, 1.82) is 0 Å². The Kier molecular flexibility index (Phi) is 6.64. The summed E-state index contributed by atoms with van der Waals surface area (Å²) in [6.45, 7) is 6.56. The fraction of sp³-hybridized carbons (Fsp3) is 0.306. The van der Waals surface area contributed by atoms with E-state index in [4.69, 9.17) is 14.5 Å². The number of pyridine rings is 2. The van der Waals surface area contributed by atoms with Crippen molar-refractivity contribution in [2.75, 3.05) is 0 Å². The molecule has 7 heteroatoms. The first-order valence-electron chi connectivity index (χ1n) is 15.0. The van der Waals surface area contributed by atoms with E-state index in [1.54, 1.807) is 6.07 Å². The Labute approximate surface area is 249 Å². The molecule has 0 N–H and O–H groups in total. The Bertz CT molecular complexity index is 1970. The molecule has 0 atom stereocenters. The van der Waals surface area contributed by atoms with Gasteiger partial charge in [0.25, 0.3) is 0 Å². The number of hydrogen-bond donors (Lipinski definition) is 0. The first kappa shape index (κ1) is 27.4. The lowest BCUT2D eigenvalue weighted by molar-refractivity contribution is 0.211. The molecule has 2 aromatic carbocycles. The van der Waals surface area contributed by atoms with E-state index in [-0.39, 0.29) is 11.0 Å². The Hall–Kier alpha value is -4.39. The van der Waals surface area contributed by atoms with Crippen molar-refractivity contribution in [3.8, 4) is 16.9 Å². The molecule has 43 heavy (non-hydrogen) atoms. The molecule has 4 heterocycles. The highest BCUT2D eigenvalue weighted by molar-refractivity contribution is 6.07. The highest BCUT2D eigenvalue weighted by atomic mass is 19.1. The van der Waals surface area contributed by atoms with Crippen LogP contribution in [0.5, 0.6) is 0 Å². The van der Waals surface area contributed by atoms with Gasteiger partial charge < -0.3 is 4.42 Å². The Morgan fingerprint density at radius 3 is 2.42 bits per heavy atom. The molecule has 5 nitrogen and oxygen atoms in total. The summed E-state index contributed by atoms with van der Waals surface area (Å²) in [5, 5.41) is 7.40. The van der Waals surface area contributed by atoms with Gasteiger partial charge in [0.2, 0.25) is 11.9 Å². The zero-order valence-electron chi connectivity index (χ0n) is 24.7. The topological polar surface area (TPSA) is 56.7 Å². The van der Waals surface area contributed by atoms with Gasteiger partial charge in [-0.1, -0.05) is 62.6 Å². The maximum Gasteiger partial charge on any atom is 0.224 e. The molecule has 1 fully saturated rings. The molecule has 7 rings (SSSR count). The molecular weight excluding hydrogens is 542 g/mol. The second-order valence-electron chi connectivity index (χ2n) is 12.7. The maximum absolute atomic E-state index is 14.6. The normalized spacial score (nSPS) is 15.4. The van der Waals surface area contributed by atoms with Gasteiger partial charge in [-0.25, -0.2) is 4.68 Å². The number of hydrogen-bond acceptors (Lipinski definition) is 4. The standard InChI is InChI=1S/C36H34F2N4O/c1-35(2,30-16-10-13-27(39-30)26-17-18-32(37)40-34(26)38)31-21-23(22-36(3)19-7-4-8-20-36)42(41-31)28-14-9-12-25-24-11-5-6-15-29(24)43-33(25)28/h5-6,9-18,21H,4,7-8,19-20,22H2,1-3H3. The summed E-state index contributed by atoms with van der Waals surface area (Å²) in [4.78, 5) is 8.18. The van der Waals surface area contributed by atoms with Crippen LogP contribution in [0.1, 0.15) is 70.0 Å². The number of rotatable bonds is 6.